The predicted octanol–water partition coefficient (Wildman–Crippen LogP) is 8.56. The summed E-state index contributed by atoms with van der Waals surface area (Å²) < 4.78 is 0. The number of isocyanates is 2. The highest BCUT2D eigenvalue weighted by atomic mass is 16.4. The second kappa shape index (κ2) is 51.7. The van der Waals surface area contributed by atoms with Gasteiger partial charge in [0.2, 0.25) is 12.2 Å². The van der Waals surface area contributed by atoms with Gasteiger partial charge in [0.15, 0.2) is 0 Å². The first-order chi connectivity index (χ1) is 19.6. The Kier molecular flexibility index (Phi) is 61.9. The summed E-state index contributed by atoms with van der Waals surface area (Å²) in [4.78, 5) is 36.5. The molecule has 0 aliphatic heterocycles. The van der Waals surface area contributed by atoms with Crippen LogP contribution in [0.5, 0.6) is 0 Å². The highest BCUT2D eigenvalue weighted by Crippen LogP contribution is 2.07. The second-order valence-corrected chi connectivity index (χ2v) is 6.98. The number of aliphatic carboxylic acids is 2. The van der Waals surface area contributed by atoms with E-state index in [1.54, 1.807) is 24.3 Å². The van der Waals surface area contributed by atoms with Crippen molar-refractivity contribution in [3.63, 3.8) is 0 Å². The van der Waals surface area contributed by atoms with Gasteiger partial charge in [-0.15, -0.1) is 26.3 Å². The fraction of sp³-hybridized carbons (Fsp3) is 0.273. The van der Waals surface area contributed by atoms with Crippen molar-refractivity contribution in [2.45, 2.75) is 59.8 Å². The van der Waals surface area contributed by atoms with E-state index >= 15 is 0 Å². The summed E-state index contributed by atoms with van der Waals surface area (Å²) in [5.74, 6) is -1.74. The van der Waals surface area contributed by atoms with Crippen LogP contribution in [0.15, 0.2) is 111 Å². The first kappa shape index (κ1) is 49.1. The lowest BCUT2D eigenvalue weighted by molar-refractivity contribution is -0.139. The summed E-state index contributed by atoms with van der Waals surface area (Å²) in [6.45, 7) is 21.0. The molecule has 0 aliphatic carbocycles. The van der Waals surface area contributed by atoms with E-state index in [0.29, 0.717) is 12.8 Å². The molecule has 0 aromatic heterocycles. The molecule has 0 spiro atoms. The van der Waals surface area contributed by atoms with Gasteiger partial charge in [0.1, 0.15) is 0 Å². The highest BCUT2D eigenvalue weighted by molar-refractivity contribution is 5.67. The van der Waals surface area contributed by atoms with Crippen molar-refractivity contribution in [1.82, 2.24) is 0 Å². The van der Waals surface area contributed by atoms with Crippen LogP contribution < -0.4 is 0 Å². The van der Waals surface area contributed by atoms with Crippen LogP contribution in [0.4, 0.5) is 0 Å². The summed E-state index contributed by atoms with van der Waals surface area (Å²) in [5.41, 5.74) is 2.74. The van der Waals surface area contributed by atoms with Gasteiger partial charge >= 0.3 is 11.9 Å². The molecule has 0 radical (unpaired) electrons. The van der Waals surface area contributed by atoms with Crippen molar-refractivity contribution in [3.05, 3.63) is 122 Å². The molecular formula is C33H48N2O6. The fourth-order valence-electron chi connectivity index (χ4n) is 1.98. The summed E-state index contributed by atoms with van der Waals surface area (Å²) in [7, 11) is 0. The van der Waals surface area contributed by atoms with Crippen molar-refractivity contribution >= 4 is 24.1 Å². The summed E-state index contributed by atoms with van der Waals surface area (Å²) in [6, 6.07) is 21.1. The zero-order valence-corrected chi connectivity index (χ0v) is 25.0. The minimum absolute atomic E-state index is 0.0628. The number of carbonyl (C=O) groups is 2. The zero-order chi connectivity index (χ0) is 33.2. The van der Waals surface area contributed by atoms with Crippen molar-refractivity contribution in [2.75, 3.05) is 0 Å². The lowest BCUT2D eigenvalue weighted by Gasteiger charge is -2.00. The minimum Gasteiger partial charge on any atom is -0.481 e. The number of benzene rings is 2. The van der Waals surface area contributed by atoms with E-state index in [9.17, 15) is 9.59 Å². The molecule has 0 heterocycles. The number of carboxylic acid groups (broad SMARTS) is 2. The maximum atomic E-state index is 9.90. The van der Waals surface area contributed by atoms with E-state index < -0.39 is 11.9 Å². The number of hydrogen-bond donors (Lipinski definition) is 4. The van der Waals surface area contributed by atoms with E-state index in [2.05, 4.69) is 87.0 Å². The van der Waals surface area contributed by atoms with E-state index in [-0.39, 0.29) is 12.8 Å². The maximum Gasteiger partial charge on any atom is 0.303 e. The quantitative estimate of drug-likeness (QED) is 0.113. The second-order valence-electron chi connectivity index (χ2n) is 6.98. The van der Waals surface area contributed by atoms with Gasteiger partial charge in [0, 0.05) is 12.8 Å². The molecule has 0 atom stereocenters. The molecule has 4 N–H and O–H groups in total. The molecule has 8 heteroatoms. The first-order valence-corrected chi connectivity index (χ1v) is 12.4. The van der Waals surface area contributed by atoms with Gasteiger partial charge in [-0.2, -0.15) is 0 Å². The Morgan fingerprint density at radius 3 is 1.00 bits per heavy atom. The van der Waals surface area contributed by atoms with Crippen molar-refractivity contribution in [1.29, 1.82) is 10.8 Å². The summed E-state index contributed by atoms with van der Waals surface area (Å²) in [6.07, 6.45) is 10.5. The van der Waals surface area contributed by atoms with E-state index in [1.165, 1.54) is 11.1 Å². The molecule has 0 saturated carbocycles. The molecule has 2 rings (SSSR count). The number of unbranched alkanes of at least 4 members (excludes halogenated alkanes) is 1. The fourth-order valence-corrected chi connectivity index (χ4v) is 1.98. The van der Waals surface area contributed by atoms with E-state index in [4.69, 9.17) is 30.6 Å². The van der Waals surface area contributed by atoms with Crippen molar-refractivity contribution in [2.24, 2.45) is 0 Å². The SMILES string of the molecule is C=CC.C=CC.C=CC.C=CC.N=C=O.N=C=O.O=C(O)CCCCC(=O)O.c1ccc(Cc2ccccc2)cc1. The molecule has 226 valence electrons. The van der Waals surface area contributed by atoms with Crippen molar-refractivity contribution in [3.8, 4) is 0 Å². The third-order valence-electron chi connectivity index (χ3n) is 3.13. The Hall–Kier alpha value is -4.90. The van der Waals surface area contributed by atoms with Crippen LogP contribution in [-0.4, -0.2) is 34.3 Å². The molecule has 8 nitrogen and oxygen atoms in total. The van der Waals surface area contributed by atoms with Crippen LogP contribution in [-0.2, 0) is 25.6 Å². The lowest BCUT2D eigenvalue weighted by atomic mass is 10.1. The first-order valence-electron chi connectivity index (χ1n) is 12.4. The van der Waals surface area contributed by atoms with Crippen LogP contribution in [0.25, 0.3) is 0 Å². The normalized spacial score (nSPS) is 7.02. The Labute approximate surface area is 246 Å². The van der Waals surface area contributed by atoms with Crippen molar-refractivity contribution < 1.29 is 29.4 Å². The Bertz CT molecular complexity index is 841. The van der Waals surface area contributed by atoms with E-state index in [0.717, 1.165) is 18.6 Å². The minimum atomic E-state index is -0.870. The molecule has 2 aromatic carbocycles. The molecular weight excluding hydrogens is 520 g/mol. The molecule has 41 heavy (non-hydrogen) atoms. The third-order valence-corrected chi connectivity index (χ3v) is 3.13. The van der Waals surface area contributed by atoms with Crippen LogP contribution >= 0.6 is 0 Å². The van der Waals surface area contributed by atoms with Gasteiger partial charge in [-0.1, -0.05) is 85.0 Å². The maximum absolute atomic E-state index is 9.90. The van der Waals surface area contributed by atoms with Crippen LogP contribution in [0, 0.1) is 10.8 Å². The molecule has 0 aliphatic rings. The standard InChI is InChI=1S/C13H12.C6H10O4.4C3H6.2CHNO/c1-3-7-12(8-4-1)11-13-9-5-2-6-10-13;7-5(8)3-1-2-4-6(9)10;4*1-3-2;2*2-1-3/h1-10H,11H2;1-4H2,(H,7,8)(H,9,10);4*3H,1H2,2H3;2*2H. The topological polar surface area (TPSA) is 156 Å². The Morgan fingerprint density at radius 1 is 0.634 bits per heavy atom. The average Bonchev–Trinajstić information content (AvgIpc) is 2.91. The van der Waals surface area contributed by atoms with Crippen LogP contribution in [0.1, 0.15) is 64.5 Å². The number of allylic oxidation sites excluding steroid dienone is 4. The van der Waals surface area contributed by atoms with Crippen LogP contribution in [0.3, 0.4) is 0 Å². The number of hydrogen-bond acceptors (Lipinski definition) is 6. The summed E-state index contributed by atoms with van der Waals surface area (Å²) >= 11 is 0. The largest absolute Gasteiger partial charge is 0.481 e. The third kappa shape index (κ3) is 78.7. The number of rotatable bonds is 7. The zero-order valence-electron chi connectivity index (χ0n) is 25.0. The highest BCUT2D eigenvalue weighted by Gasteiger charge is 1.99. The molecule has 0 saturated heterocycles. The van der Waals surface area contributed by atoms with E-state index in [1.807, 2.05) is 27.7 Å². The Morgan fingerprint density at radius 2 is 0.829 bits per heavy atom. The smallest absolute Gasteiger partial charge is 0.303 e. The number of nitrogens with one attached hydrogen (secondary N) is 2. The van der Waals surface area contributed by atoms with Gasteiger partial charge in [-0.25, -0.2) is 20.4 Å². The molecule has 2 aromatic rings. The number of carbonyl (C=O) groups excluding carboxylic acids is 2. The van der Waals surface area contributed by atoms with Gasteiger partial charge in [-0.3, -0.25) is 9.59 Å². The lowest BCUT2D eigenvalue weighted by Crippen LogP contribution is -1.97. The monoisotopic (exact) mass is 568 g/mol. The predicted molar refractivity (Wildman–Crippen MR) is 170 cm³/mol. The Balaban J connectivity index is -0.0000000968. The molecule has 0 bridgehead atoms. The molecule has 0 amide bonds. The average molecular weight is 569 g/mol. The number of carboxylic acids is 2. The van der Waals surface area contributed by atoms with Gasteiger partial charge < -0.3 is 10.2 Å². The van der Waals surface area contributed by atoms with Crippen LogP contribution in [0.2, 0.25) is 0 Å². The van der Waals surface area contributed by atoms with Gasteiger partial charge in [-0.05, 0) is 58.1 Å². The summed E-state index contributed by atoms with van der Waals surface area (Å²) in [5, 5.41) is 27.1. The molecule has 0 unspecified atom stereocenters. The van der Waals surface area contributed by atoms with Gasteiger partial charge in [0.05, 0.1) is 0 Å². The molecule has 0 fully saturated rings. The van der Waals surface area contributed by atoms with Gasteiger partial charge in [0.25, 0.3) is 0 Å².